The number of hydrogen-bond donors (Lipinski definition) is 1. The Balaban J connectivity index is 2.13. The van der Waals surface area contributed by atoms with Crippen LogP contribution in [0, 0.1) is 0 Å². The first-order valence-electron chi connectivity index (χ1n) is 6.59. The first kappa shape index (κ1) is 14.5. The number of carboxylic acids is 1. The molecule has 1 aliphatic rings. The van der Waals surface area contributed by atoms with E-state index in [0.29, 0.717) is 6.42 Å². The van der Waals surface area contributed by atoms with Crippen molar-refractivity contribution >= 4 is 5.97 Å². The summed E-state index contributed by atoms with van der Waals surface area (Å²) in [5.41, 5.74) is 0.273. The number of carbonyl (C=O) groups is 1. The monoisotopic (exact) mass is 242 g/mol. The maximum Gasteiger partial charge on any atom is 0.303 e. The summed E-state index contributed by atoms with van der Waals surface area (Å²) in [5, 5.41) is 8.55. The van der Waals surface area contributed by atoms with Crippen LogP contribution in [0.5, 0.6) is 0 Å². The molecule has 0 spiro atoms. The van der Waals surface area contributed by atoms with E-state index in [-0.39, 0.29) is 5.54 Å². The smallest absolute Gasteiger partial charge is 0.303 e. The molecule has 0 aromatic heterocycles. The number of carboxylic acid groups (broad SMARTS) is 1. The van der Waals surface area contributed by atoms with Crippen molar-refractivity contribution < 1.29 is 9.90 Å². The molecule has 100 valence electrons. The highest BCUT2D eigenvalue weighted by molar-refractivity contribution is 5.66. The highest BCUT2D eigenvalue weighted by atomic mass is 16.4. The van der Waals surface area contributed by atoms with E-state index in [1.54, 1.807) is 0 Å². The van der Waals surface area contributed by atoms with Gasteiger partial charge in [0.05, 0.1) is 0 Å². The van der Waals surface area contributed by atoms with Crippen molar-refractivity contribution in [2.45, 2.75) is 45.6 Å². The van der Waals surface area contributed by atoms with Gasteiger partial charge in [-0.2, -0.15) is 0 Å². The molecule has 17 heavy (non-hydrogen) atoms. The van der Waals surface area contributed by atoms with Crippen LogP contribution < -0.4 is 0 Å². The third-order valence-electron chi connectivity index (χ3n) is 3.44. The van der Waals surface area contributed by atoms with Crippen molar-refractivity contribution in [1.29, 1.82) is 0 Å². The Morgan fingerprint density at radius 3 is 2.18 bits per heavy atom. The van der Waals surface area contributed by atoms with Crippen LogP contribution in [0.15, 0.2) is 0 Å². The molecule has 0 aromatic rings. The van der Waals surface area contributed by atoms with Crippen LogP contribution in [0.4, 0.5) is 0 Å². The number of nitrogens with zero attached hydrogens (tertiary/aromatic N) is 2. The highest BCUT2D eigenvalue weighted by Crippen LogP contribution is 2.15. The van der Waals surface area contributed by atoms with E-state index in [1.165, 1.54) is 0 Å². The van der Waals surface area contributed by atoms with Gasteiger partial charge in [-0.1, -0.05) is 0 Å². The molecule has 1 N–H and O–H groups in total. The van der Waals surface area contributed by atoms with Gasteiger partial charge in [0, 0.05) is 38.1 Å². The van der Waals surface area contributed by atoms with Gasteiger partial charge in [-0.15, -0.1) is 0 Å². The quantitative estimate of drug-likeness (QED) is 0.745. The van der Waals surface area contributed by atoms with Gasteiger partial charge in [0.15, 0.2) is 0 Å². The predicted molar refractivity (Wildman–Crippen MR) is 69.3 cm³/mol. The third-order valence-corrected chi connectivity index (χ3v) is 3.44. The Kier molecular flexibility index (Phi) is 5.40. The van der Waals surface area contributed by atoms with Gasteiger partial charge in [-0.25, -0.2) is 0 Å². The fourth-order valence-corrected chi connectivity index (χ4v) is 2.25. The lowest BCUT2D eigenvalue weighted by atomic mass is 10.0. The summed E-state index contributed by atoms with van der Waals surface area (Å²) in [5.74, 6) is -0.678. The Hall–Kier alpha value is -0.610. The van der Waals surface area contributed by atoms with Crippen molar-refractivity contribution in [2.24, 2.45) is 0 Å². The van der Waals surface area contributed by atoms with Crippen molar-refractivity contribution in [1.82, 2.24) is 9.80 Å². The van der Waals surface area contributed by atoms with Crippen LogP contribution in [0.25, 0.3) is 0 Å². The molecule has 1 heterocycles. The summed E-state index contributed by atoms with van der Waals surface area (Å²) in [6.45, 7) is 12.3. The number of unbranched alkanes of at least 4 members (excludes halogenated alkanes) is 1. The summed E-state index contributed by atoms with van der Waals surface area (Å²) in [6, 6.07) is 0. The molecule has 0 amide bonds. The Bertz CT molecular complexity index is 240. The van der Waals surface area contributed by atoms with Gasteiger partial charge in [-0.3, -0.25) is 9.69 Å². The lowest BCUT2D eigenvalue weighted by Gasteiger charge is -2.42. The SMILES string of the molecule is CC(C)(C)N1CCN(CCCCC(=O)O)CC1. The molecule has 0 aliphatic carbocycles. The van der Waals surface area contributed by atoms with E-state index >= 15 is 0 Å². The average Bonchev–Trinajstić information content (AvgIpc) is 2.23. The summed E-state index contributed by atoms with van der Waals surface area (Å²) in [7, 11) is 0. The first-order chi connectivity index (χ1) is 7.89. The molecule has 0 bridgehead atoms. The Morgan fingerprint density at radius 1 is 1.12 bits per heavy atom. The highest BCUT2D eigenvalue weighted by Gasteiger charge is 2.25. The van der Waals surface area contributed by atoms with Crippen molar-refractivity contribution in [3.05, 3.63) is 0 Å². The molecule has 0 atom stereocenters. The van der Waals surface area contributed by atoms with Crippen LogP contribution in [-0.4, -0.2) is 59.1 Å². The molecule has 0 unspecified atom stereocenters. The number of aliphatic carboxylic acids is 1. The van der Waals surface area contributed by atoms with Crippen LogP contribution in [0.2, 0.25) is 0 Å². The second kappa shape index (κ2) is 6.36. The second-order valence-corrected chi connectivity index (χ2v) is 5.85. The van der Waals surface area contributed by atoms with Gasteiger partial charge < -0.3 is 10.0 Å². The molecule has 4 heteroatoms. The lowest BCUT2D eigenvalue weighted by molar-refractivity contribution is -0.137. The standard InChI is InChI=1S/C13H26N2O2/c1-13(2,3)15-10-8-14(9-11-15)7-5-4-6-12(16)17/h4-11H2,1-3H3,(H,16,17). The van der Waals surface area contributed by atoms with Gasteiger partial charge in [-0.05, 0) is 40.2 Å². The summed E-state index contributed by atoms with van der Waals surface area (Å²) < 4.78 is 0. The van der Waals surface area contributed by atoms with Gasteiger partial charge in [0.25, 0.3) is 0 Å². The lowest BCUT2D eigenvalue weighted by Crippen LogP contribution is -2.53. The summed E-state index contributed by atoms with van der Waals surface area (Å²) >= 11 is 0. The van der Waals surface area contributed by atoms with Gasteiger partial charge >= 0.3 is 5.97 Å². The van der Waals surface area contributed by atoms with Crippen LogP contribution in [0.3, 0.4) is 0 Å². The number of piperazine rings is 1. The minimum Gasteiger partial charge on any atom is -0.481 e. The van der Waals surface area contributed by atoms with Crippen LogP contribution >= 0.6 is 0 Å². The zero-order chi connectivity index (χ0) is 12.9. The van der Waals surface area contributed by atoms with Crippen molar-refractivity contribution in [3.8, 4) is 0 Å². The van der Waals surface area contributed by atoms with E-state index < -0.39 is 5.97 Å². The zero-order valence-electron chi connectivity index (χ0n) is 11.4. The fourth-order valence-electron chi connectivity index (χ4n) is 2.25. The molecule has 1 saturated heterocycles. The molecular weight excluding hydrogens is 216 g/mol. The molecule has 4 nitrogen and oxygen atoms in total. The largest absolute Gasteiger partial charge is 0.481 e. The average molecular weight is 242 g/mol. The first-order valence-corrected chi connectivity index (χ1v) is 6.59. The molecular formula is C13H26N2O2. The molecule has 0 saturated carbocycles. The predicted octanol–water partition coefficient (Wildman–Crippen LogP) is 1.66. The summed E-state index contributed by atoms with van der Waals surface area (Å²) in [4.78, 5) is 15.3. The molecule has 0 radical (unpaired) electrons. The topological polar surface area (TPSA) is 43.8 Å². The minimum atomic E-state index is -0.678. The van der Waals surface area contributed by atoms with Crippen LogP contribution in [0.1, 0.15) is 40.0 Å². The maximum absolute atomic E-state index is 10.4. The van der Waals surface area contributed by atoms with E-state index in [9.17, 15) is 4.79 Å². The van der Waals surface area contributed by atoms with E-state index in [1.807, 2.05) is 0 Å². The summed E-state index contributed by atoms with van der Waals surface area (Å²) in [6.07, 6.45) is 2.11. The third kappa shape index (κ3) is 5.50. The van der Waals surface area contributed by atoms with Gasteiger partial charge in [0.2, 0.25) is 0 Å². The second-order valence-electron chi connectivity index (χ2n) is 5.85. The molecule has 1 rings (SSSR count). The van der Waals surface area contributed by atoms with Crippen LogP contribution in [-0.2, 0) is 4.79 Å². The number of hydrogen-bond acceptors (Lipinski definition) is 3. The molecule has 1 aliphatic heterocycles. The van der Waals surface area contributed by atoms with Crippen molar-refractivity contribution in [2.75, 3.05) is 32.7 Å². The van der Waals surface area contributed by atoms with Crippen molar-refractivity contribution in [3.63, 3.8) is 0 Å². The molecule has 1 fully saturated rings. The van der Waals surface area contributed by atoms with E-state index in [4.69, 9.17) is 5.11 Å². The maximum atomic E-state index is 10.4. The zero-order valence-corrected chi connectivity index (χ0v) is 11.4. The van der Waals surface area contributed by atoms with E-state index in [0.717, 1.165) is 45.6 Å². The van der Waals surface area contributed by atoms with Gasteiger partial charge in [0.1, 0.15) is 0 Å². The Morgan fingerprint density at radius 2 is 1.71 bits per heavy atom. The molecule has 0 aromatic carbocycles. The number of rotatable bonds is 5. The normalized spacial score (nSPS) is 19.5. The fraction of sp³-hybridized carbons (Fsp3) is 0.923. The van der Waals surface area contributed by atoms with E-state index in [2.05, 4.69) is 30.6 Å². The Labute approximate surface area is 105 Å². The minimum absolute atomic E-state index is 0.273.